The van der Waals surface area contributed by atoms with Crippen LogP contribution < -0.4 is 0 Å². The van der Waals surface area contributed by atoms with Gasteiger partial charge in [0.15, 0.2) is 34.9 Å². The molecule has 0 bridgehead atoms. The average molecular weight is 658 g/mol. The normalized spacial score (nSPS) is 15.0. The lowest BCUT2D eigenvalue weighted by molar-refractivity contribution is -0.138. The number of allylic oxidation sites excluding steroid dienone is 6. The summed E-state index contributed by atoms with van der Waals surface area (Å²) in [5.74, 6) is -13.1. The quantitative estimate of drug-likeness (QED) is 0.170. The standard InChI is InChI=1S/C31H3F9N8/c32-25-13(4-42)15(6-44)27(34)29(36)23(25)17(8-46)21-20(12(3-41)11-1-2-48-10-19(11)31(38,39)40)22(21)18(9-47)24-26(33)14(5-43)16(7-45)28(35)30(24)37/h1-2,10H/b20-12?,21-17-,22-18+. The van der Waals surface area contributed by atoms with Crippen molar-refractivity contribution in [3.63, 3.8) is 0 Å². The van der Waals surface area contributed by atoms with Crippen molar-refractivity contribution in [2.24, 2.45) is 0 Å². The minimum atomic E-state index is -5.25. The molecule has 0 atom stereocenters. The molecule has 0 saturated heterocycles. The fourth-order valence-corrected chi connectivity index (χ4v) is 4.68. The van der Waals surface area contributed by atoms with Crippen LogP contribution in [0.3, 0.4) is 0 Å². The maximum absolute atomic E-state index is 15.5. The van der Waals surface area contributed by atoms with Crippen LogP contribution in [0, 0.1) is 114 Å². The number of halogens is 9. The highest BCUT2D eigenvalue weighted by molar-refractivity contribution is 6.12. The lowest BCUT2D eigenvalue weighted by Gasteiger charge is -2.11. The first-order chi connectivity index (χ1) is 22.7. The van der Waals surface area contributed by atoms with Crippen LogP contribution in [0.1, 0.15) is 44.5 Å². The molecule has 17 heteroatoms. The second kappa shape index (κ2) is 12.2. The topological polar surface area (TPSA) is 179 Å². The molecule has 0 amide bonds. The molecule has 0 N–H and O–H groups in total. The van der Waals surface area contributed by atoms with E-state index >= 15 is 17.6 Å². The van der Waals surface area contributed by atoms with E-state index in [1.807, 2.05) is 0 Å². The molecule has 1 aliphatic rings. The van der Waals surface area contributed by atoms with Gasteiger partial charge in [-0.3, -0.25) is 4.98 Å². The van der Waals surface area contributed by atoms with Crippen LogP contribution in [0.15, 0.2) is 35.2 Å². The van der Waals surface area contributed by atoms with Crippen LogP contribution in [-0.2, 0) is 6.18 Å². The average Bonchev–Trinajstić information content (AvgIpc) is 3.78. The molecule has 1 aliphatic carbocycles. The van der Waals surface area contributed by atoms with Gasteiger partial charge in [-0.2, -0.15) is 50.0 Å². The molecule has 1 fully saturated rings. The number of aromatic nitrogens is 1. The summed E-state index contributed by atoms with van der Waals surface area (Å²) >= 11 is 0. The van der Waals surface area contributed by atoms with Gasteiger partial charge in [-0.1, -0.05) is 0 Å². The van der Waals surface area contributed by atoms with Crippen LogP contribution in [0.2, 0.25) is 0 Å². The van der Waals surface area contributed by atoms with Gasteiger partial charge in [-0.25, -0.2) is 26.3 Å². The Bertz CT molecular complexity index is 2290. The van der Waals surface area contributed by atoms with Gasteiger partial charge in [0.1, 0.15) is 64.7 Å². The van der Waals surface area contributed by atoms with Gasteiger partial charge < -0.3 is 0 Å². The van der Waals surface area contributed by atoms with Gasteiger partial charge in [0.25, 0.3) is 0 Å². The first-order valence-electron chi connectivity index (χ1n) is 12.2. The monoisotopic (exact) mass is 658 g/mol. The van der Waals surface area contributed by atoms with Crippen molar-refractivity contribution < 1.29 is 39.5 Å². The number of hydrogen-bond donors (Lipinski definition) is 0. The zero-order valence-corrected chi connectivity index (χ0v) is 22.7. The molecule has 230 valence electrons. The summed E-state index contributed by atoms with van der Waals surface area (Å²) in [5.41, 5.74) is -19.2. The summed E-state index contributed by atoms with van der Waals surface area (Å²) in [4.78, 5) is 3.30. The van der Waals surface area contributed by atoms with Crippen LogP contribution in [0.5, 0.6) is 0 Å². The first-order valence-corrected chi connectivity index (χ1v) is 12.2. The zero-order valence-electron chi connectivity index (χ0n) is 22.7. The van der Waals surface area contributed by atoms with E-state index in [2.05, 4.69) is 4.98 Å². The van der Waals surface area contributed by atoms with Crippen molar-refractivity contribution in [3.8, 4) is 42.5 Å². The largest absolute Gasteiger partial charge is 0.418 e. The number of alkyl halides is 3. The van der Waals surface area contributed by atoms with Crippen molar-refractivity contribution >= 4 is 16.7 Å². The van der Waals surface area contributed by atoms with Crippen LogP contribution in [0.25, 0.3) is 16.7 Å². The highest BCUT2D eigenvalue weighted by Crippen LogP contribution is 2.57. The van der Waals surface area contributed by atoms with E-state index in [9.17, 15) is 48.3 Å². The third-order valence-corrected chi connectivity index (χ3v) is 6.76. The minimum absolute atomic E-state index is 0.238. The van der Waals surface area contributed by atoms with Crippen molar-refractivity contribution in [2.75, 3.05) is 0 Å². The van der Waals surface area contributed by atoms with Crippen molar-refractivity contribution in [2.45, 2.75) is 6.18 Å². The summed E-state index contributed by atoms with van der Waals surface area (Å²) < 4.78 is 133. The molecular weight excluding hydrogens is 655 g/mol. The van der Waals surface area contributed by atoms with Gasteiger partial charge in [0, 0.05) is 34.7 Å². The maximum Gasteiger partial charge on any atom is 0.418 e. The van der Waals surface area contributed by atoms with E-state index in [1.165, 1.54) is 18.2 Å². The summed E-state index contributed by atoms with van der Waals surface area (Å²) in [7, 11) is 0. The van der Waals surface area contributed by atoms with Gasteiger partial charge in [-0.15, -0.1) is 0 Å². The smallest absolute Gasteiger partial charge is 0.264 e. The van der Waals surface area contributed by atoms with Gasteiger partial charge in [-0.05, 0) is 6.07 Å². The van der Waals surface area contributed by atoms with E-state index in [4.69, 9.17) is 10.5 Å². The number of benzene rings is 2. The van der Waals surface area contributed by atoms with E-state index in [-0.39, 0.29) is 6.20 Å². The number of nitrogens with zero attached hydrogens (tertiary/aromatic N) is 8. The van der Waals surface area contributed by atoms with Gasteiger partial charge >= 0.3 is 6.18 Å². The van der Waals surface area contributed by atoms with Crippen molar-refractivity contribution in [1.29, 1.82) is 36.8 Å². The van der Waals surface area contributed by atoms with Crippen LogP contribution in [0.4, 0.5) is 39.5 Å². The molecule has 0 radical (unpaired) electrons. The summed E-state index contributed by atoms with van der Waals surface area (Å²) in [6.45, 7) is 0. The molecule has 1 saturated carbocycles. The molecule has 8 nitrogen and oxygen atoms in total. The molecule has 3 aromatic rings. The Morgan fingerprint density at radius 2 is 0.875 bits per heavy atom. The second-order valence-corrected chi connectivity index (χ2v) is 9.09. The highest BCUT2D eigenvalue weighted by Gasteiger charge is 2.46. The van der Waals surface area contributed by atoms with E-state index < -0.39 is 119 Å². The molecule has 48 heavy (non-hydrogen) atoms. The zero-order chi connectivity index (χ0) is 35.8. The fraction of sp³-hybridized carbons (Fsp3) is 0.0323. The third kappa shape index (κ3) is 4.90. The van der Waals surface area contributed by atoms with Crippen molar-refractivity contribution in [1.82, 2.24) is 4.98 Å². The third-order valence-electron chi connectivity index (χ3n) is 6.76. The Kier molecular flexibility index (Phi) is 8.51. The number of rotatable bonds is 3. The lowest BCUT2D eigenvalue weighted by Crippen LogP contribution is -2.09. The molecule has 0 unspecified atom stereocenters. The maximum atomic E-state index is 15.5. The molecule has 1 aromatic heterocycles. The molecule has 4 rings (SSSR count). The molecule has 0 aliphatic heterocycles. The Hall–Kier alpha value is -7.39. The molecule has 1 heterocycles. The fourth-order valence-electron chi connectivity index (χ4n) is 4.68. The Balaban J connectivity index is 2.37. The SMILES string of the molecule is N#CC(=C1C(=C(/C#N)c2c(F)c(F)c(C#N)c(C#N)c2F)/C1=C(/C#N)c1c(F)c(F)c(C#N)c(C#N)c1F)c1ccncc1C(F)(F)F. The predicted molar refractivity (Wildman–Crippen MR) is 138 cm³/mol. The Labute approximate surface area is 261 Å². The van der Waals surface area contributed by atoms with Crippen LogP contribution >= 0.6 is 0 Å². The highest BCUT2D eigenvalue weighted by atomic mass is 19.4. The van der Waals surface area contributed by atoms with E-state index in [1.54, 1.807) is 0 Å². The number of pyridine rings is 1. The second-order valence-electron chi connectivity index (χ2n) is 9.09. The van der Waals surface area contributed by atoms with Crippen molar-refractivity contribution in [3.05, 3.63) is 115 Å². The lowest BCUT2D eigenvalue weighted by atomic mass is 9.95. The summed E-state index contributed by atoms with van der Waals surface area (Å²) in [6, 6.07) is 8.53. The number of nitriles is 7. The van der Waals surface area contributed by atoms with E-state index in [0.29, 0.717) is 6.07 Å². The van der Waals surface area contributed by atoms with Gasteiger partial charge in [0.05, 0.1) is 33.4 Å². The Morgan fingerprint density at radius 1 is 0.521 bits per heavy atom. The Morgan fingerprint density at radius 3 is 1.21 bits per heavy atom. The number of hydrogen-bond acceptors (Lipinski definition) is 8. The predicted octanol–water partition coefficient (Wildman–Crippen LogP) is 6.67. The summed E-state index contributed by atoms with van der Waals surface area (Å²) in [6.07, 6.45) is -4.27. The molecule has 0 spiro atoms. The van der Waals surface area contributed by atoms with Crippen LogP contribution in [-0.4, -0.2) is 4.98 Å². The minimum Gasteiger partial charge on any atom is -0.264 e. The van der Waals surface area contributed by atoms with Gasteiger partial charge in [0.2, 0.25) is 0 Å². The first kappa shape index (κ1) is 33.5. The summed E-state index contributed by atoms with van der Waals surface area (Å²) in [5, 5.41) is 66.8. The molecule has 2 aromatic carbocycles. The van der Waals surface area contributed by atoms with E-state index in [0.717, 1.165) is 30.5 Å². The molecular formula is C31H3F9N8.